The molecule has 0 aliphatic carbocycles. The quantitative estimate of drug-likeness (QED) is 0.853. The van der Waals surface area contributed by atoms with E-state index in [1.165, 1.54) is 0 Å². The molecule has 1 aromatic carbocycles. The minimum Gasteiger partial charge on any atom is -0.496 e. The Bertz CT molecular complexity index is 427. The number of ether oxygens (including phenoxy) is 1. The number of halogens is 1. The molecule has 0 unspecified atom stereocenters. The van der Waals surface area contributed by atoms with Gasteiger partial charge in [0, 0.05) is 11.4 Å². The lowest BCUT2D eigenvalue weighted by atomic mass is 9.93. The third-order valence-electron chi connectivity index (χ3n) is 2.83. The number of rotatable bonds is 6. The Morgan fingerprint density at radius 3 is 2.61 bits per heavy atom. The van der Waals surface area contributed by atoms with Gasteiger partial charge in [-0.2, -0.15) is 0 Å². The standard InChI is InChI=1S/C14H19ClO3/c1-9(2)14-10(5-4-6-13(16)17)7-11(15)8-12(14)18-3/h7-9H,4-6H2,1-3H3,(H,16,17). The summed E-state index contributed by atoms with van der Waals surface area (Å²) in [6.07, 6.45) is 1.49. The minimum absolute atomic E-state index is 0.173. The molecule has 1 N–H and O–H groups in total. The van der Waals surface area contributed by atoms with E-state index in [0.717, 1.165) is 16.9 Å². The zero-order chi connectivity index (χ0) is 13.7. The van der Waals surface area contributed by atoms with Crippen LogP contribution < -0.4 is 4.74 Å². The van der Waals surface area contributed by atoms with Gasteiger partial charge in [-0.25, -0.2) is 0 Å². The van der Waals surface area contributed by atoms with Crippen molar-refractivity contribution in [3.05, 3.63) is 28.3 Å². The summed E-state index contributed by atoms with van der Waals surface area (Å²) in [5, 5.41) is 9.30. The molecule has 0 atom stereocenters. The van der Waals surface area contributed by atoms with Gasteiger partial charge in [0.15, 0.2) is 0 Å². The topological polar surface area (TPSA) is 46.5 Å². The second kappa shape index (κ2) is 6.64. The van der Waals surface area contributed by atoms with Crippen LogP contribution in [0, 0.1) is 0 Å². The van der Waals surface area contributed by atoms with Crippen LogP contribution in [0.2, 0.25) is 5.02 Å². The van der Waals surface area contributed by atoms with E-state index in [1.807, 2.05) is 6.07 Å². The van der Waals surface area contributed by atoms with Crippen LogP contribution in [-0.2, 0) is 11.2 Å². The predicted molar refractivity (Wildman–Crippen MR) is 72.7 cm³/mol. The number of hydrogen-bond donors (Lipinski definition) is 1. The second-order valence-electron chi connectivity index (χ2n) is 4.58. The van der Waals surface area contributed by atoms with Gasteiger partial charge >= 0.3 is 5.97 Å². The fourth-order valence-electron chi connectivity index (χ4n) is 2.11. The summed E-state index contributed by atoms with van der Waals surface area (Å²) in [4.78, 5) is 10.5. The van der Waals surface area contributed by atoms with Crippen molar-refractivity contribution in [1.82, 2.24) is 0 Å². The summed E-state index contributed by atoms with van der Waals surface area (Å²) in [5.41, 5.74) is 2.20. The predicted octanol–water partition coefficient (Wildman–Crippen LogP) is 3.88. The van der Waals surface area contributed by atoms with E-state index >= 15 is 0 Å². The fraction of sp³-hybridized carbons (Fsp3) is 0.500. The number of benzene rings is 1. The van der Waals surface area contributed by atoms with E-state index in [9.17, 15) is 4.79 Å². The van der Waals surface area contributed by atoms with Crippen LogP contribution in [-0.4, -0.2) is 18.2 Å². The minimum atomic E-state index is -0.768. The zero-order valence-corrected chi connectivity index (χ0v) is 11.8. The Labute approximate surface area is 113 Å². The Hall–Kier alpha value is -1.22. The van der Waals surface area contributed by atoms with Gasteiger partial charge in [0.1, 0.15) is 5.75 Å². The number of aryl methyl sites for hydroxylation is 1. The van der Waals surface area contributed by atoms with Gasteiger partial charge in [-0.1, -0.05) is 25.4 Å². The first-order valence-corrected chi connectivity index (χ1v) is 6.41. The van der Waals surface area contributed by atoms with Gasteiger partial charge in [0.05, 0.1) is 7.11 Å². The molecule has 1 rings (SSSR count). The van der Waals surface area contributed by atoms with Crippen molar-refractivity contribution in [1.29, 1.82) is 0 Å². The first kappa shape index (κ1) is 14.8. The van der Waals surface area contributed by atoms with E-state index < -0.39 is 5.97 Å². The van der Waals surface area contributed by atoms with Crippen molar-refractivity contribution in [2.75, 3.05) is 7.11 Å². The Morgan fingerprint density at radius 2 is 2.11 bits per heavy atom. The van der Waals surface area contributed by atoms with Crippen molar-refractivity contribution >= 4 is 17.6 Å². The molecule has 0 bridgehead atoms. The molecule has 18 heavy (non-hydrogen) atoms. The smallest absolute Gasteiger partial charge is 0.303 e. The highest BCUT2D eigenvalue weighted by Gasteiger charge is 2.14. The van der Waals surface area contributed by atoms with Crippen molar-refractivity contribution in [2.45, 2.75) is 39.0 Å². The number of carboxylic acids is 1. The molecule has 0 heterocycles. The Morgan fingerprint density at radius 1 is 1.44 bits per heavy atom. The lowest BCUT2D eigenvalue weighted by Crippen LogP contribution is -2.02. The number of hydrogen-bond acceptors (Lipinski definition) is 2. The normalized spacial score (nSPS) is 10.7. The van der Waals surface area contributed by atoms with Gasteiger partial charge < -0.3 is 9.84 Å². The van der Waals surface area contributed by atoms with Crippen LogP contribution in [0.5, 0.6) is 5.75 Å². The number of aliphatic carboxylic acids is 1. The fourth-order valence-corrected chi connectivity index (χ4v) is 2.34. The highest BCUT2D eigenvalue weighted by atomic mass is 35.5. The summed E-state index contributed by atoms with van der Waals surface area (Å²) >= 11 is 6.05. The maximum absolute atomic E-state index is 10.5. The molecule has 4 heteroatoms. The third-order valence-corrected chi connectivity index (χ3v) is 3.04. The van der Waals surface area contributed by atoms with Gasteiger partial charge in [0.2, 0.25) is 0 Å². The van der Waals surface area contributed by atoms with Crippen LogP contribution in [0.15, 0.2) is 12.1 Å². The number of carbonyl (C=O) groups is 1. The Balaban J connectivity index is 3.00. The van der Waals surface area contributed by atoms with Crippen LogP contribution in [0.3, 0.4) is 0 Å². The molecule has 0 fully saturated rings. The van der Waals surface area contributed by atoms with Crippen LogP contribution in [0.1, 0.15) is 43.7 Å². The Kier molecular flexibility index (Phi) is 5.48. The van der Waals surface area contributed by atoms with E-state index in [2.05, 4.69) is 13.8 Å². The van der Waals surface area contributed by atoms with E-state index in [0.29, 0.717) is 23.8 Å². The van der Waals surface area contributed by atoms with Crippen LogP contribution in [0.4, 0.5) is 0 Å². The maximum atomic E-state index is 10.5. The maximum Gasteiger partial charge on any atom is 0.303 e. The lowest BCUT2D eigenvalue weighted by Gasteiger charge is -2.17. The average Bonchev–Trinajstić information content (AvgIpc) is 2.26. The van der Waals surface area contributed by atoms with Crippen LogP contribution >= 0.6 is 11.6 Å². The van der Waals surface area contributed by atoms with Gasteiger partial charge in [-0.3, -0.25) is 4.79 Å². The molecule has 0 amide bonds. The summed E-state index contributed by atoms with van der Waals surface area (Å²) in [5.74, 6) is 0.329. The van der Waals surface area contributed by atoms with E-state index in [4.69, 9.17) is 21.4 Å². The van der Waals surface area contributed by atoms with Gasteiger partial charge in [0.25, 0.3) is 0 Å². The van der Waals surface area contributed by atoms with Crippen LogP contribution in [0.25, 0.3) is 0 Å². The molecule has 0 aliphatic rings. The van der Waals surface area contributed by atoms with Crippen molar-refractivity contribution < 1.29 is 14.6 Å². The summed E-state index contributed by atoms with van der Waals surface area (Å²) in [6.45, 7) is 4.18. The number of carboxylic acid groups (broad SMARTS) is 1. The zero-order valence-electron chi connectivity index (χ0n) is 11.0. The average molecular weight is 271 g/mol. The largest absolute Gasteiger partial charge is 0.496 e. The summed E-state index contributed by atoms with van der Waals surface area (Å²) in [7, 11) is 1.62. The molecular weight excluding hydrogens is 252 g/mol. The molecule has 0 spiro atoms. The first-order chi connectivity index (χ1) is 8.45. The van der Waals surface area contributed by atoms with Crippen molar-refractivity contribution in [2.24, 2.45) is 0 Å². The third kappa shape index (κ3) is 3.91. The molecule has 0 aromatic heterocycles. The van der Waals surface area contributed by atoms with E-state index in [1.54, 1.807) is 13.2 Å². The molecule has 0 radical (unpaired) electrons. The first-order valence-electron chi connectivity index (χ1n) is 6.03. The molecule has 100 valence electrons. The second-order valence-corrected chi connectivity index (χ2v) is 5.02. The SMILES string of the molecule is COc1cc(Cl)cc(CCCC(=O)O)c1C(C)C. The van der Waals surface area contributed by atoms with E-state index in [-0.39, 0.29) is 6.42 Å². The lowest BCUT2D eigenvalue weighted by molar-refractivity contribution is -0.137. The molecular formula is C14H19ClO3. The molecule has 0 aliphatic heterocycles. The molecule has 3 nitrogen and oxygen atoms in total. The highest BCUT2D eigenvalue weighted by molar-refractivity contribution is 6.30. The highest BCUT2D eigenvalue weighted by Crippen LogP contribution is 2.33. The molecule has 0 saturated heterocycles. The van der Waals surface area contributed by atoms with Crippen molar-refractivity contribution in [3.63, 3.8) is 0 Å². The van der Waals surface area contributed by atoms with Gasteiger partial charge in [-0.15, -0.1) is 0 Å². The van der Waals surface area contributed by atoms with Gasteiger partial charge in [-0.05, 0) is 42.0 Å². The monoisotopic (exact) mass is 270 g/mol. The van der Waals surface area contributed by atoms with Crippen molar-refractivity contribution in [3.8, 4) is 5.75 Å². The summed E-state index contributed by atoms with van der Waals surface area (Å²) < 4.78 is 5.35. The summed E-state index contributed by atoms with van der Waals surface area (Å²) in [6, 6.07) is 3.71. The molecule has 1 aromatic rings. The number of methoxy groups -OCH3 is 1. The molecule has 0 saturated carbocycles.